The summed E-state index contributed by atoms with van der Waals surface area (Å²) in [5.41, 5.74) is 0. The number of hydrogen-bond donors (Lipinski definition) is 2. The maximum Gasteiger partial charge on any atom is 0.220 e. The summed E-state index contributed by atoms with van der Waals surface area (Å²) in [6, 6.07) is -0.0578. The summed E-state index contributed by atoms with van der Waals surface area (Å²) >= 11 is 0. The highest BCUT2D eigenvalue weighted by atomic mass is 16.3. The molecule has 100 valence electrons. The van der Waals surface area contributed by atoms with Gasteiger partial charge in [0.25, 0.3) is 0 Å². The highest BCUT2D eigenvalue weighted by molar-refractivity contribution is 5.76. The average molecular weight is 252 g/mol. The second-order valence-electron chi connectivity index (χ2n) is 4.79. The first kappa shape index (κ1) is 13.0. The lowest BCUT2D eigenvalue weighted by atomic mass is 9.92. The number of amides is 1. The molecule has 6 nitrogen and oxygen atoms in total. The van der Waals surface area contributed by atoms with Gasteiger partial charge in [-0.2, -0.15) is 5.10 Å². The van der Waals surface area contributed by atoms with Crippen LogP contribution in [0.2, 0.25) is 0 Å². The van der Waals surface area contributed by atoms with Gasteiger partial charge in [0.05, 0.1) is 12.1 Å². The molecule has 1 heterocycles. The second-order valence-corrected chi connectivity index (χ2v) is 4.79. The van der Waals surface area contributed by atoms with Gasteiger partial charge < -0.3 is 10.4 Å². The molecule has 1 aromatic rings. The summed E-state index contributed by atoms with van der Waals surface area (Å²) in [7, 11) is 0. The predicted molar refractivity (Wildman–Crippen MR) is 65.7 cm³/mol. The maximum atomic E-state index is 11.7. The average Bonchev–Trinajstić information content (AvgIpc) is 2.85. The summed E-state index contributed by atoms with van der Waals surface area (Å²) in [6.45, 7) is 0.695. The Kier molecular flexibility index (Phi) is 4.69. The van der Waals surface area contributed by atoms with Crippen LogP contribution < -0.4 is 5.32 Å². The number of aliphatic hydroxyl groups is 1. The topological polar surface area (TPSA) is 80.0 Å². The van der Waals surface area contributed by atoms with Gasteiger partial charge in [-0.3, -0.25) is 9.48 Å². The van der Waals surface area contributed by atoms with E-state index in [1.807, 2.05) is 0 Å². The fourth-order valence-electron chi connectivity index (χ4n) is 2.31. The molecule has 2 unspecified atom stereocenters. The van der Waals surface area contributed by atoms with Crippen LogP contribution in [0.4, 0.5) is 0 Å². The van der Waals surface area contributed by atoms with E-state index in [0.29, 0.717) is 13.0 Å². The van der Waals surface area contributed by atoms with Crippen molar-refractivity contribution in [2.45, 2.75) is 57.2 Å². The monoisotopic (exact) mass is 252 g/mol. The third-order valence-electron chi connectivity index (χ3n) is 3.33. The van der Waals surface area contributed by atoms with Gasteiger partial charge in [0.1, 0.15) is 12.7 Å². The first-order valence-corrected chi connectivity index (χ1v) is 6.55. The molecule has 18 heavy (non-hydrogen) atoms. The number of aromatic nitrogens is 3. The van der Waals surface area contributed by atoms with Crippen LogP contribution in [0.3, 0.4) is 0 Å². The van der Waals surface area contributed by atoms with Crippen LogP contribution in [-0.2, 0) is 11.3 Å². The second kappa shape index (κ2) is 6.49. The lowest BCUT2D eigenvalue weighted by Crippen LogP contribution is -2.45. The van der Waals surface area contributed by atoms with Crippen LogP contribution in [-0.4, -0.2) is 37.9 Å². The molecular formula is C12H20N4O2. The number of rotatable bonds is 5. The van der Waals surface area contributed by atoms with E-state index in [1.54, 1.807) is 11.0 Å². The van der Waals surface area contributed by atoms with Crippen molar-refractivity contribution in [3.8, 4) is 0 Å². The normalized spacial score (nSPS) is 23.8. The fourth-order valence-corrected chi connectivity index (χ4v) is 2.31. The number of nitrogens with one attached hydrogen (secondary N) is 1. The van der Waals surface area contributed by atoms with Crippen molar-refractivity contribution < 1.29 is 9.90 Å². The number of aliphatic hydroxyl groups excluding tert-OH is 1. The molecule has 0 radical (unpaired) electrons. The molecule has 2 rings (SSSR count). The van der Waals surface area contributed by atoms with Crippen LogP contribution in [0.1, 0.15) is 38.5 Å². The van der Waals surface area contributed by atoms with E-state index in [0.717, 1.165) is 32.1 Å². The SMILES string of the molecule is O=C(CCCn1cncn1)NC1CCCCC1O. The van der Waals surface area contributed by atoms with Gasteiger partial charge in [-0.05, 0) is 19.3 Å². The molecule has 0 spiro atoms. The molecule has 1 aliphatic rings. The number of carbonyl (C=O) groups excluding carboxylic acids is 1. The van der Waals surface area contributed by atoms with Crippen molar-refractivity contribution in [1.82, 2.24) is 20.1 Å². The standard InChI is InChI=1S/C12H20N4O2/c17-11-5-2-1-4-10(11)15-12(18)6-3-7-16-9-13-8-14-16/h8-11,17H,1-7H2,(H,15,18). The number of hydrogen-bond acceptors (Lipinski definition) is 4. The molecule has 0 aliphatic heterocycles. The maximum absolute atomic E-state index is 11.7. The molecule has 1 aliphatic carbocycles. The summed E-state index contributed by atoms with van der Waals surface area (Å²) < 4.78 is 1.71. The molecule has 0 aromatic carbocycles. The van der Waals surface area contributed by atoms with Gasteiger partial charge in [-0.1, -0.05) is 12.8 Å². The van der Waals surface area contributed by atoms with Crippen LogP contribution >= 0.6 is 0 Å². The Hall–Kier alpha value is -1.43. The molecule has 1 saturated carbocycles. The Labute approximate surface area is 106 Å². The third-order valence-corrected chi connectivity index (χ3v) is 3.33. The van der Waals surface area contributed by atoms with Gasteiger partial charge in [-0.15, -0.1) is 0 Å². The number of aryl methyl sites for hydroxylation is 1. The summed E-state index contributed by atoms with van der Waals surface area (Å²) in [5.74, 6) is 0.0149. The molecule has 2 atom stereocenters. The van der Waals surface area contributed by atoms with Crippen LogP contribution in [0, 0.1) is 0 Å². The molecule has 0 bridgehead atoms. The van der Waals surface area contributed by atoms with Gasteiger partial charge in [-0.25, -0.2) is 4.98 Å². The van der Waals surface area contributed by atoms with E-state index in [1.165, 1.54) is 6.33 Å². The van der Waals surface area contributed by atoms with Gasteiger partial charge in [0.15, 0.2) is 0 Å². The van der Waals surface area contributed by atoms with E-state index in [-0.39, 0.29) is 18.1 Å². The van der Waals surface area contributed by atoms with Crippen molar-refractivity contribution >= 4 is 5.91 Å². The van der Waals surface area contributed by atoms with Crippen molar-refractivity contribution in [3.05, 3.63) is 12.7 Å². The Morgan fingerprint density at radius 3 is 3.00 bits per heavy atom. The number of nitrogens with zero attached hydrogens (tertiary/aromatic N) is 3. The molecule has 2 N–H and O–H groups in total. The van der Waals surface area contributed by atoms with Gasteiger partial charge in [0.2, 0.25) is 5.91 Å². The molecule has 1 fully saturated rings. The summed E-state index contributed by atoms with van der Waals surface area (Å²) in [6.07, 6.45) is 7.77. The third kappa shape index (κ3) is 3.80. The molecule has 6 heteroatoms. The predicted octanol–water partition coefficient (Wildman–Crippen LogP) is 0.478. The highest BCUT2D eigenvalue weighted by Crippen LogP contribution is 2.18. The van der Waals surface area contributed by atoms with Gasteiger partial charge >= 0.3 is 0 Å². The fraction of sp³-hybridized carbons (Fsp3) is 0.750. The molecule has 1 aromatic heterocycles. The minimum absolute atomic E-state index is 0.0149. The zero-order valence-electron chi connectivity index (χ0n) is 10.5. The minimum atomic E-state index is -0.377. The lowest BCUT2D eigenvalue weighted by molar-refractivity contribution is -0.123. The van der Waals surface area contributed by atoms with E-state index in [9.17, 15) is 9.90 Å². The molecule has 1 amide bonds. The summed E-state index contributed by atoms with van der Waals surface area (Å²) in [4.78, 5) is 15.6. The van der Waals surface area contributed by atoms with E-state index in [2.05, 4.69) is 15.4 Å². The first-order chi connectivity index (χ1) is 8.75. The Morgan fingerprint density at radius 1 is 1.44 bits per heavy atom. The number of carbonyl (C=O) groups is 1. The van der Waals surface area contributed by atoms with Crippen LogP contribution in [0.15, 0.2) is 12.7 Å². The minimum Gasteiger partial charge on any atom is -0.391 e. The zero-order chi connectivity index (χ0) is 12.8. The lowest BCUT2D eigenvalue weighted by Gasteiger charge is -2.28. The molecular weight excluding hydrogens is 232 g/mol. The zero-order valence-corrected chi connectivity index (χ0v) is 10.5. The van der Waals surface area contributed by atoms with E-state index < -0.39 is 0 Å². The highest BCUT2D eigenvalue weighted by Gasteiger charge is 2.23. The van der Waals surface area contributed by atoms with Crippen molar-refractivity contribution in [1.29, 1.82) is 0 Å². The van der Waals surface area contributed by atoms with Crippen molar-refractivity contribution in [2.75, 3.05) is 0 Å². The Morgan fingerprint density at radius 2 is 2.28 bits per heavy atom. The van der Waals surface area contributed by atoms with Gasteiger partial charge in [0, 0.05) is 13.0 Å². The summed E-state index contributed by atoms with van der Waals surface area (Å²) in [5, 5.41) is 16.6. The van der Waals surface area contributed by atoms with Crippen LogP contribution in [0.25, 0.3) is 0 Å². The van der Waals surface area contributed by atoms with Crippen LogP contribution in [0.5, 0.6) is 0 Å². The largest absolute Gasteiger partial charge is 0.391 e. The first-order valence-electron chi connectivity index (χ1n) is 6.55. The van der Waals surface area contributed by atoms with Crippen molar-refractivity contribution in [3.63, 3.8) is 0 Å². The quantitative estimate of drug-likeness (QED) is 0.798. The smallest absolute Gasteiger partial charge is 0.220 e. The van der Waals surface area contributed by atoms with E-state index >= 15 is 0 Å². The van der Waals surface area contributed by atoms with E-state index in [4.69, 9.17) is 0 Å². The van der Waals surface area contributed by atoms with Crippen molar-refractivity contribution in [2.24, 2.45) is 0 Å². The Balaban J connectivity index is 1.65. The Bertz CT molecular complexity index is 366. The molecule has 0 saturated heterocycles.